The minimum Gasteiger partial charge on any atom is -0.388 e. The van der Waals surface area contributed by atoms with E-state index < -0.39 is 0 Å². The Morgan fingerprint density at radius 3 is 2.76 bits per heavy atom. The predicted molar refractivity (Wildman–Crippen MR) is 69.2 cm³/mol. The van der Waals surface area contributed by atoms with Crippen molar-refractivity contribution in [3.63, 3.8) is 0 Å². The zero-order chi connectivity index (χ0) is 11.8. The number of thiocarbonyl (C=S) groups is 1. The van der Waals surface area contributed by atoms with Crippen LogP contribution in [0.5, 0.6) is 0 Å². The van der Waals surface area contributed by atoms with E-state index in [1.54, 1.807) is 6.20 Å². The molecule has 2 aromatic heterocycles. The number of nitrogens with zero attached hydrogens (tertiary/aromatic N) is 3. The van der Waals surface area contributed by atoms with Crippen molar-refractivity contribution in [3.05, 3.63) is 42.0 Å². The molecule has 4 nitrogen and oxygen atoms in total. The lowest BCUT2D eigenvalue weighted by molar-refractivity contribution is 0.832. The van der Waals surface area contributed by atoms with E-state index in [1.807, 2.05) is 23.0 Å². The molecule has 0 radical (unpaired) electrons. The molecule has 0 aliphatic heterocycles. The van der Waals surface area contributed by atoms with Gasteiger partial charge < -0.3 is 5.73 Å². The highest BCUT2D eigenvalue weighted by molar-refractivity contribution is 7.80. The van der Waals surface area contributed by atoms with E-state index in [9.17, 15) is 0 Å². The summed E-state index contributed by atoms with van der Waals surface area (Å²) in [5, 5.41) is 4.53. The molecule has 0 spiro atoms. The van der Waals surface area contributed by atoms with Crippen LogP contribution in [0.25, 0.3) is 5.69 Å². The Balaban J connectivity index is 1.89. The maximum atomic E-state index is 5.50. The lowest BCUT2D eigenvalue weighted by atomic mass is 10.3. The minimum absolute atomic E-state index is 0.315. The standard InChI is InChI=1S/C12H12N4S/c13-12(17)11-4-3-9(7-14-11)16-6-5-10(15-16)8-1-2-8/h3-8H,1-2H2,(H2,13,17). The first kappa shape index (κ1) is 10.4. The monoisotopic (exact) mass is 244 g/mol. The smallest absolute Gasteiger partial charge is 0.122 e. The van der Waals surface area contributed by atoms with E-state index in [-0.39, 0.29) is 0 Å². The van der Waals surface area contributed by atoms with E-state index in [1.165, 1.54) is 18.5 Å². The van der Waals surface area contributed by atoms with Gasteiger partial charge in [-0.2, -0.15) is 5.10 Å². The summed E-state index contributed by atoms with van der Waals surface area (Å²) in [5.41, 5.74) is 8.24. The zero-order valence-corrected chi connectivity index (χ0v) is 10.0. The number of rotatable bonds is 3. The van der Waals surface area contributed by atoms with Gasteiger partial charge >= 0.3 is 0 Å². The van der Waals surface area contributed by atoms with Gasteiger partial charge in [-0.1, -0.05) is 12.2 Å². The van der Waals surface area contributed by atoms with Gasteiger partial charge in [-0.25, -0.2) is 4.68 Å². The van der Waals surface area contributed by atoms with Gasteiger partial charge in [0, 0.05) is 12.1 Å². The van der Waals surface area contributed by atoms with E-state index in [2.05, 4.69) is 16.1 Å². The summed E-state index contributed by atoms with van der Waals surface area (Å²) in [6.07, 6.45) is 6.22. The fourth-order valence-electron chi connectivity index (χ4n) is 1.75. The van der Waals surface area contributed by atoms with E-state index in [4.69, 9.17) is 18.0 Å². The molecule has 0 aromatic carbocycles. The second-order valence-corrected chi connectivity index (χ2v) is 4.67. The first-order valence-corrected chi connectivity index (χ1v) is 5.96. The van der Waals surface area contributed by atoms with Gasteiger partial charge in [0.2, 0.25) is 0 Å². The lowest BCUT2D eigenvalue weighted by Gasteiger charge is -2.02. The van der Waals surface area contributed by atoms with Crippen LogP contribution >= 0.6 is 12.2 Å². The summed E-state index contributed by atoms with van der Waals surface area (Å²) in [7, 11) is 0. The normalized spacial score (nSPS) is 14.8. The molecule has 1 fully saturated rings. The summed E-state index contributed by atoms with van der Waals surface area (Å²) >= 11 is 4.86. The van der Waals surface area contributed by atoms with E-state index >= 15 is 0 Å². The van der Waals surface area contributed by atoms with Gasteiger partial charge in [-0.15, -0.1) is 0 Å². The largest absolute Gasteiger partial charge is 0.388 e. The Kier molecular flexibility index (Phi) is 2.40. The maximum Gasteiger partial charge on any atom is 0.122 e. The highest BCUT2D eigenvalue weighted by Gasteiger charge is 2.25. The van der Waals surface area contributed by atoms with Gasteiger partial charge in [0.25, 0.3) is 0 Å². The van der Waals surface area contributed by atoms with Gasteiger partial charge in [-0.3, -0.25) is 4.98 Å². The molecule has 2 N–H and O–H groups in total. The summed E-state index contributed by atoms with van der Waals surface area (Å²) in [6, 6.07) is 5.81. The third-order valence-electron chi connectivity index (χ3n) is 2.87. The van der Waals surface area contributed by atoms with Crippen molar-refractivity contribution in [1.29, 1.82) is 0 Å². The minimum atomic E-state index is 0.315. The molecule has 0 saturated heterocycles. The van der Waals surface area contributed by atoms with Crippen LogP contribution in [0.3, 0.4) is 0 Å². The first-order valence-electron chi connectivity index (χ1n) is 5.56. The SMILES string of the molecule is NC(=S)c1ccc(-n2ccc(C3CC3)n2)cn1. The highest BCUT2D eigenvalue weighted by Crippen LogP contribution is 2.38. The number of hydrogen-bond donors (Lipinski definition) is 1. The molecule has 1 saturated carbocycles. The third kappa shape index (κ3) is 2.06. The molecule has 1 aliphatic carbocycles. The van der Waals surface area contributed by atoms with Crippen LogP contribution < -0.4 is 5.73 Å². The second kappa shape index (κ2) is 3.92. The van der Waals surface area contributed by atoms with Crippen LogP contribution in [0.15, 0.2) is 30.6 Å². The number of pyridine rings is 1. The van der Waals surface area contributed by atoms with Crippen LogP contribution in [-0.2, 0) is 0 Å². The highest BCUT2D eigenvalue weighted by atomic mass is 32.1. The maximum absolute atomic E-state index is 5.50. The lowest BCUT2D eigenvalue weighted by Crippen LogP contribution is -2.11. The first-order chi connectivity index (χ1) is 8.24. The molecule has 0 unspecified atom stereocenters. The van der Waals surface area contributed by atoms with Gasteiger partial charge in [0.05, 0.1) is 23.3 Å². The summed E-state index contributed by atoms with van der Waals surface area (Å²) in [6.45, 7) is 0. The topological polar surface area (TPSA) is 56.7 Å². The molecule has 2 heterocycles. The molecule has 2 aromatic rings. The molecule has 17 heavy (non-hydrogen) atoms. The van der Waals surface area contributed by atoms with E-state index in [0.717, 1.165) is 5.69 Å². The van der Waals surface area contributed by atoms with Crippen molar-refractivity contribution in [2.24, 2.45) is 5.73 Å². The molecular weight excluding hydrogens is 232 g/mol. The van der Waals surface area contributed by atoms with Gasteiger partial charge in [0.15, 0.2) is 0 Å². The molecular formula is C12H12N4S. The average Bonchev–Trinajstić information content (AvgIpc) is 3.07. The number of nitrogens with two attached hydrogens (primary N) is 1. The van der Waals surface area contributed by atoms with Crippen LogP contribution in [0, 0.1) is 0 Å². The van der Waals surface area contributed by atoms with Crippen molar-refractivity contribution in [2.75, 3.05) is 0 Å². The third-order valence-corrected chi connectivity index (χ3v) is 3.08. The number of hydrogen-bond acceptors (Lipinski definition) is 3. The summed E-state index contributed by atoms with van der Waals surface area (Å²) < 4.78 is 1.84. The molecule has 0 atom stereocenters. The molecule has 0 amide bonds. The fraction of sp³-hybridized carbons (Fsp3) is 0.250. The van der Waals surface area contributed by atoms with Crippen LogP contribution in [0.1, 0.15) is 30.1 Å². The van der Waals surface area contributed by atoms with Crippen molar-refractivity contribution in [3.8, 4) is 5.69 Å². The Bertz CT molecular complexity index is 554. The van der Waals surface area contributed by atoms with Crippen molar-refractivity contribution in [2.45, 2.75) is 18.8 Å². The second-order valence-electron chi connectivity index (χ2n) is 4.23. The van der Waals surface area contributed by atoms with Gasteiger partial charge in [0.1, 0.15) is 4.99 Å². The van der Waals surface area contributed by atoms with Crippen LogP contribution in [0.4, 0.5) is 0 Å². The molecule has 86 valence electrons. The molecule has 3 rings (SSSR count). The summed E-state index contributed by atoms with van der Waals surface area (Å²) in [4.78, 5) is 4.51. The quantitative estimate of drug-likeness (QED) is 0.836. The van der Waals surface area contributed by atoms with Crippen molar-refractivity contribution >= 4 is 17.2 Å². The van der Waals surface area contributed by atoms with Crippen LogP contribution in [-0.4, -0.2) is 19.8 Å². The zero-order valence-electron chi connectivity index (χ0n) is 9.21. The van der Waals surface area contributed by atoms with Crippen molar-refractivity contribution in [1.82, 2.24) is 14.8 Å². The Labute approximate surface area is 104 Å². The Morgan fingerprint density at radius 2 is 2.18 bits per heavy atom. The molecule has 5 heteroatoms. The molecule has 0 bridgehead atoms. The Hall–Kier alpha value is -1.75. The summed E-state index contributed by atoms with van der Waals surface area (Å²) in [5.74, 6) is 0.667. The molecule has 1 aliphatic rings. The Morgan fingerprint density at radius 1 is 1.35 bits per heavy atom. The van der Waals surface area contributed by atoms with E-state index in [0.29, 0.717) is 16.6 Å². The average molecular weight is 244 g/mol. The predicted octanol–water partition coefficient (Wildman–Crippen LogP) is 1.78. The van der Waals surface area contributed by atoms with Crippen molar-refractivity contribution < 1.29 is 0 Å². The fourth-order valence-corrected chi connectivity index (χ4v) is 1.87. The number of aromatic nitrogens is 3. The van der Waals surface area contributed by atoms with Gasteiger partial charge in [-0.05, 0) is 31.0 Å². The van der Waals surface area contributed by atoms with Crippen LogP contribution in [0.2, 0.25) is 0 Å².